The Morgan fingerprint density at radius 1 is 1.27 bits per heavy atom. The molecular formula is C20H24FN3O2. The van der Waals surface area contributed by atoms with Crippen LogP contribution >= 0.6 is 0 Å². The van der Waals surface area contributed by atoms with Crippen LogP contribution in [-0.4, -0.2) is 21.7 Å². The lowest BCUT2D eigenvalue weighted by atomic mass is 10.1. The van der Waals surface area contributed by atoms with Gasteiger partial charge in [0, 0.05) is 17.7 Å². The average molecular weight is 357 g/mol. The highest BCUT2D eigenvalue weighted by molar-refractivity contribution is 5.94. The van der Waals surface area contributed by atoms with Gasteiger partial charge in [-0.05, 0) is 55.9 Å². The fourth-order valence-corrected chi connectivity index (χ4v) is 3.29. The van der Waals surface area contributed by atoms with E-state index in [1.807, 2.05) is 6.92 Å². The van der Waals surface area contributed by atoms with E-state index in [0.29, 0.717) is 13.0 Å². The fourth-order valence-electron chi connectivity index (χ4n) is 3.29. The average Bonchev–Trinajstić information content (AvgIpc) is 2.86. The van der Waals surface area contributed by atoms with E-state index < -0.39 is 5.82 Å². The van der Waals surface area contributed by atoms with Crippen molar-refractivity contribution in [3.05, 3.63) is 63.3 Å². The van der Waals surface area contributed by atoms with E-state index >= 15 is 0 Å². The highest BCUT2D eigenvalue weighted by Crippen LogP contribution is 2.17. The van der Waals surface area contributed by atoms with Gasteiger partial charge in [0.1, 0.15) is 5.82 Å². The van der Waals surface area contributed by atoms with Crippen LogP contribution in [0.5, 0.6) is 0 Å². The van der Waals surface area contributed by atoms with Gasteiger partial charge in [0.25, 0.3) is 11.5 Å². The Morgan fingerprint density at radius 3 is 2.85 bits per heavy atom. The van der Waals surface area contributed by atoms with Gasteiger partial charge >= 0.3 is 0 Å². The van der Waals surface area contributed by atoms with Crippen molar-refractivity contribution in [2.75, 3.05) is 0 Å². The van der Waals surface area contributed by atoms with E-state index in [0.717, 1.165) is 43.4 Å². The summed E-state index contributed by atoms with van der Waals surface area (Å²) in [6.45, 7) is 2.24. The zero-order valence-electron chi connectivity index (χ0n) is 15.0. The van der Waals surface area contributed by atoms with Gasteiger partial charge in [-0.2, -0.15) is 5.10 Å². The first-order chi connectivity index (χ1) is 12.6. The molecule has 0 unspecified atom stereocenters. The largest absolute Gasteiger partial charge is 0.347 e. The number of carbonyl (C=O) groups excluding carboxylic acids is 1. The third-order valence-corrected chi connectivity index (χ3v) is 4.83. The molecule has 1 aliphatic carbocycles. The summed E-state index contributed by atoms with van der Waals surface area (Å²) in [5.41, 5.74) is 2.18. The van der Waals surface area contributed by atoms with E-state index in [4.69, 9.17) is 0 Å². The van der Waals surface area contributed by atoms with Gasteiger partial charge < -0.3 is 5.32 Å². The fraction of sp³-hybridized carbons (Fsp3) is 0.450. The van der Waals surface area contributed by atoms with Crippen LogP contribution in [0.1, 0.15) is 54.2 Å². The highest BCUT2D eigenvalue weighted by atomic mass is 19.1. The molecule has 1 N–H and O–H groups in total. The number of benzene rings is 1. The topological polar surface area (TPSA) is 64.0 Å². The molecule has 6 heteroatoms. The zero-order valence-corrected chi connectivity index (χ0v) is 15.0. The second-order valence-electron chi connectivity index (χ2n) is 6.79. The minimum atomic E-state index is -0.450. The Hall–Kier alpha value is -2.50. The van der Waals surface area contributed by atoms with Crippen LogP contribution in [0, 0.1) is 5.82 Å². The quantitative estimate of drug-likeness (QED) is 0.837. The third-order valence-electron chi connectivity index (χ3n) is 4.83. The number of carbonyl (C=O) groups is 1. The lowest BCUT2D eigenvalue weighted by Gasteiger charge is -2.18. The molecule has 138 valence electrons. The molecule has 1 atom stereocenters. The van der Waals surface area contributed by atoms with E-state index in [1.54, 1.807) is 12.1 Å². The molecule has 0 bridgehead atoms. The summed E-state index contributed by atoms with van der Waals surface area (Å²) >= 11 is 0. The summed E-state index contributed by atoms with van der Waals surface area (Å²) in [7, 11) is 0. The van der Waals surface area contributed by atoms with E-state index in [-0.39, 0.29) is 23.1 Å². The smallest absolute Gasteiger partial charge is 0.267 e. The molecule has 1 heterocycles. The van der Waals surface area contributed by atoms with Gasteiger partial charge in [-0.1, -0.05) is 19.4 Å². The van der Waals surface area contributed by atoms with E-state index in [2.05, 4.69) is 10.4 Å². The molecule has 0 spiro atoms. The number of amides is 1. The minimum absolute atomic E-state index is 0.135. The van der Waals surface area contributed by atoms with E-state index in [9.17, 15) is 14.0 Å². The lowest BCUT2D eigenvalue weighted by molar-refractivity contribution is 0.0930. The van der Waals surface area contributed by atoms with Crippen molar-refractivity contribution >= 4 is 5.91 Å². The summed E-state index contributed by atoms with van der Waals surface area (Å²) in [5, 5.41) is 7.42. The Labute approximate surface area is 152 Å². The summed E-state index contributed by atoms with van der Waals surface area (Å²) < 4.78 is 14.8. The lowest BCUT2D eigenvalue weighted by Crippen LogP contribution is -2.40. The summed E-state index contributed by atoms with van der Waals surface area (Å²) in [6, 6.07) is 7.01. The minimum Gasteiger partial charge on any atom is -0.347 e. The molecule has 3 rings (SSSR count). The molecule has 0 aliphatic heterocycles. The number of nitrogens with zero attached hydrogens (tertiary/aromatic N) is 2. The van der Waals surface area contributed by atoms with Crippen molar-refractivity contribution in [2.24, 2.45) is 0 Å². The molecule has 1 amide bonds. The number of fused-ring (bicyclic) bond motifs is 1. The van der Waals surface area contributed by atoms with Crippen molar-refractivity contribution < 1.29 is 9.18 Å². The number of hydrogen-bond donors (Lipinski definition) is 1. The molecule has 2 aromatic rings. The van der Waals surface area contributed by atoms with Crippen LogP contribution in [0.2, 0.25) is 0 Å². The maximum atomic E-state index is 13.3. The van der Waals surface area contributed by atoms with Crippen LogP contribution in [-0.2, 0) is 19.4 Å². The van der Waals surface area contributed by atoms with Crippen LogP contribution in [0.25, 0.3) is 0 Å². The van der Waals surface area contributed by atoms with Crippen molar-refractivity contribution in [1.29, 1.82) is 0 Å². The number of aromatic nitrogens is 2. The van der Waals surface area contributed by atoms with Crippen LogP contribution in [0.4, 0.5) is 4.39 Å². The maximum Gasteiger partial charge on any atom is 0.267 e. The highest BCUT2D eigenvalue weighted by Gasteiger charge is 2.17. The van der Waals surface area contributed by atoms with Gasteiger partial charge in [0.2, 0.25) is 0 Å². The van der Waals surface area contributed by atoms with Gasteiger partial charge in [-0.3, -0.25) is 9.59 Å². The number of nitrogens with one attached hydrogen (secondary N) is 1. The first-order valence-corrected chi connectivity index (χ1v) is 9.23. The number of aryl methyl sites for hydroxylation is 2. The van der Waals surface area contributed by atoms with Crippen molar-refractivity contribution in [1.82, 2.24) is 15.1 Å². The van der Waals surface area contributed by atoms with Gasteiger partial charge in [0.05, 0.1) is 12.2 Å². The van der Waals surface area contributed by atoms with Crippen molar-refractivity contribution in [3.8, 4) is 0 Å². The van der Waals surface area contributed by atoms with Gasteiger partial charge in [0.15, 0.2) is 0 Å². The second kappa shape index (κ2) is 8.25. The van der Waals surface area contributed by atoms with Gasteiger partial charge in [-0.25, -0.2) is 9.07 Å². The molecular weight excluding hydrogens is 333 g/mol. The van der Waals surface area contributed by atoms with Crippen LogP contribution in [0.3, 0.4) is 0 Å². The second-order valence-corrected chi connectivity index (χ2v) is 6.79. The summed E-state index contributed by atoms with van der Waals surface area (Å²) in [5.74, 6) is -0.798. The standard InChI is InChI=1S/C20H24FN3O2/c1-2-17(22-20(26)15-8-6-9-16(21)11-15)13-24-19(25)12-14-7-4-3-5-10-18(14)23-24/h6,8-9,11-12,17H,2-5,7,10,13H2,1H3,(H,22,26)/t17-/m0/s1. The number of halogens is 1. The summed E-state index contributed by atoms with van der Waals surface area (Å²) in [6.07, 6.45) is 5.79. The Kier molecular flexibility index (Phi) is 5.81. The number of rotatable bonds is 5. The first-order valence-electron chi connectivity index (χ1n) is 9.23. The molecule has 1 aliphatic rings. The molecule has 0 radical (unpaired) electrons. The normalized spacial score (nSPS) is 15.0. The first kappa shape index (κ1) is 18.3. The summed E-state index contributed by atoms with van der Waals surface area (Å²) in [4.78, 5) is 24.7. The molecule has 0 saturated carbocycles. The Bertz CT molecular complexity index is 847. The molecule has 1 aromatic carbocycles. The maximum absolute atomic E-state index is 13.3. The van der Waals surface area contributed by atoms with Crippen LogP contribution in [0.15, 0.2) is 35.1 Å². The molecule has 0 saturated heterocycles. The van der Waals surface area contributed by atoms with E-state index in [1.165, 1.54) is 22.9 Å². The Balaban J connectivity index is 1.75. The monoisotopic (exact) mass is 357 g/mol. The van der Waals surface area contributed by atoms with Crippen molar-refractivity contribution in [3.63, 3.8) is 0 Å². The Morgan fingerprint density at radius 2 is 2.08 bits per heavy atom. The van der Waals surface area contributed by atoms with Gasteiger partial charge in [-0.15, -0.1) is 0 Å². The zero-order chi connectivity index (χ0) is 18.5. The molecule has 1 aromatic heterocycles. The predicted molar refractivity (Wildman–Crippen MR) is 97.7 cm³/mol. The van der Waals surface area contributed by atoms with Crippen LogP contribution < -0.4 is 10.9 Å². The molecule has 5 nitrogen and oxygen atoms in total. The third kappa shape index (κ3) is 4.36. The number of hydrogen-bond acceptors (Lipinski definition) is 3. The molecule has 26 heavy (non-hydrogen) atoms. The molecule has 0 fully saturated rings. The predicted octanol–water partition coefficient (Wildman–Crippen LogP) is 2.86. The SMILES string of the molecule is CC[C@@H](Cn1nc2c(cc1=O)CCCCC2)NC(=O)c1cccc(F)c1. The van der Waals surface area contributed by atoms with Crippen molar-refractivity contribution in [2.45, 2.75) is 58.0 Å².